The van der Waals surface area contributed by atoms with Gasteiger partial charge in [-0.3, -0.25) is 0 Å². The Kier molecular flexibility index (Phi) is 28.5. The standard InChI is InChI=1S/C15H26O.C14H24O.3C13H22O.C12H20O.C6H14O.C5H12O/c1-9(2)10(3)16-15-13-5-11-4-12(7-13)8-14(15)6-11;1-3-15-10(2)14-7-11-4-12(8-14)6-13(5-11)9-14;1-8(2)14-13-11-4-9-3-10(6-11)7-12(13)5-9;1-2-14-9-13-6-10-3-11(7-13)5-12(4-10)8-13;1-2-14-8-13-11-4-9-3-10(6-11)7-12(13)5-9;1-2-13-12-10-4-8-3-9(6-10)7-11(12)5-8;1-5-7-6(2,3)4;1-5(2,3)6-4/h9-15H,4-8H2,1-3H3;10-13H,3-9H2,1-2H3;8-13H,3-7H2,1-2H3;10-12H,2-9H2,1H3;9-13H,2-8H2,1H3;8-12H,2-7H2,1H3;5H2,1-4H3;1-4H3/t10-,11?,12?,13?,14?,15?;;;;;;;/m1......./s1. The summed E-state index contributed by atoms with van der Waals surface area (Å²) in [6.07, 6.45) is 51.5. The summed E-state index contributed by atoms with van der Waals surface area (Å²) >= 11 is 0. The van der Waals surface area contributed by atoms with Crippen LogP contribution in [0.25, 0.3) is 0 Å². The Balaban J connectivity index is 0.000000116. The highest BCUT2D eigenvalue weighted by atomic mass is 16.5. The van der Waals surface area contributed by atoms with Gasteiger partial charge in [-0.05, 0) is 462 Å². The highest BCUT2D eigenvalue weighted by Crippen LogP contribution is 2.64. The number of ether oxygens (including phenoxy) is 8. The van der Waals surface area contributed by atoms with Crippen LogP contribution in [0.2, 0.25) is 0 Å². The first-order chi connectivity index (χ1) is 47.2. The average Bonchev–Trinajstić information content (AvgIpc) is 0.777. The maximum atomic E-state index is 6.39. The SMILES string of the molecule is CC(C)OC1C2CC3CC(C2)CC1C3.CC(C)[C@@H](C)OC1C2CC3CC(C2)CC1C3.CCOC(C)(C)C.CCOC(C)C12CC3CC(CC(C3)C1)C2.CCOC1C2CC3CC(C2)CC1C3.CCOCC12CC3CC(CC(C3)C1)C2.CCOCC1C2CC3CC(C2)CC1C3.COC(C)(C)C. The van der Waals surface area contributed by atoms with Gasteiger partial charge in [-0.25, -0.2) is 0 Å². The molecule has 574 valence electrons. The van der Waals surface area contributed by atoms with Crippen molar-refractivity contribution in [2.75, 3.05) is 53.4 Å². The molecule has 0 aromatic heterocycles. The predicted octanol–water partition coefficient (Wildman–Crippen LogP) is 23.2. The second-order valence-electron chi connectivity index (χ2n) is 41.5. The van der Waals surface area contributed by atoms with Crippen LogP contribution in [0, 0.1) is 153 Å². The fourth-order valence-electron chi connectivity index (χ4n) is 28.1. The van der Waals surface area contributed by atoms with Crippen molar-refractivity contribution in [1.29, 1.82) is 0 Å². The molecular weight excluding hydrogens is 1220 g/mol. The summed E-state index contributed by atoms with van der Waals surface area (Å²) in [6, 6.07) is 0. The zero-order valence-electron chi connectivity index (χ0n) is 68.2. The van der Waals surface area contributed by atoms with Crippen molar-refractivity contribution in [2.45, 2.75) is 371 Å². The molecule has 0 saturated heterocycles. The summed E-state index contributed by atoms with van der Waals surface area (Å²) < 4.78 is 45.9. The molecule has 24 bridgehead atoms. The summed E-state index contributed by atoms with van der Waals surface area (Å²) in [4.78, 5) is 0. The molecule has 0 spiro atoms. The van der Waals surface area contributed by atoms with Crippen LogP contribution in [0.4, 0.5) is 0 Å². The highest BCUT2D eigenvalue weighted by Gasteiger charge is 2.56. The predicted molar refractivity (Wildman–Crippen MR) is 410 cm³/mol. The third-order valence-corrected chi connectivity index (χ3v) is 30.8. The van der Waals surface area contributed by atoms with E-state index in [1.807, 2.05) is 27.7 Å². The summed E-state index contributed by atoms with van der Waals surface area (Å²) in [7, 11) is 1.71. The van der Waals surface area contributed by atoms with Crippen LogP contribution in [-0.4, -0.2) is 101 Å². The van der Waals surface area contributed by atoms with E-state index in [-0.39, 0.29) is 11.2 Å². The summed E-state index contributed by atoms with van der Waals surface area (Å²) in [5.74, 6) is 24.3. The van der Waals surface area contributed by atoms with Crippen LogP contribution in [0.15, 0.2) is 0 Å². The zero-order valence-corrected chi connectivity index (χ0v) is 68.2. The lowest BCUT2D eigenvalue weighted by Crippen LogP contribution is -2.51. The second kappa shape index (κ2) is 35.4. The van der Waals surface area contributed by atoms with Gasteiger partial charge >= 0.3 is 0 Å². The molecule has 24 saturated carbocycles. The van der Waals surface area contributed by atoms with E-state index in [1.54, 1.807) is 52.1 Å². The van der Waals surface area contributed by atoms with Gasteiger partial charge in [0.15, 0.2) is 0 Å². The molecule has 24 rings (SSSR count). The molecule has 0 heterocycles. The van der Waals surface area contributed by atoms with Crippen LogP contribution >= 0.6 is 0 Å². The fraction of sp³-hybridized carbons (Fsp3) is 1.00. The second-order valence-corrected chi connectivity index (χ2v) is 41.5. The van der Waals surface area contributed by atoms with Crippen LogP contribution in [0.5, 0.6) is 0 Å². The van der Waals surface area contributed by atoms with Crippen LogP contribution in [-0.2, 0) is 37.9 Å². The quantitative estimate of drug-likeness (QED) is 0.143. The smallest absolute Gasteiger partial charge is 0.0635 e. The molecular formula is C91H162O8. The van der Waals surface area contributed by atoms with E-state index >= 15 is 0 Å². The van der Waals surface area contributed by atoms with E-state index in [2.05, 4.69) is 90.0 Å². The highest BCUT2D eigenvalue weighted by molar-refractivity contribution is 5.06. The number of methoxy groups -OCH3 is 1. The molecule has 2 atom stereocenters. The molecule has 0 aliphatic heterocycles. The Morgan fingerprint density at radius 2 is 0.667 bits per heavy atom. The van der Waals surface area contributed by atoms with Gasteiger partial charge in [0.2, 0.25) is 0 Å². The lowest BCUT2D eigenvalue weighted by molar-refractivity contribution is -0.155. The molecule has 24 fully saturated rings. The average molecular weight is 1380 g/mol. The third kappa shape index (κ3) is 21.1. The largest absolute Gasteiger partial charge is 0.381 e. The van der Waals surface area contributed by atoms with Gasteiger partial charge in [-0.15, -0.1) is 0 Å². The summed E-state index contributed by atoms with van der Waals surface area (Å²) in [6.45, 7) is 42.8. The normalized spacial score (nSPS) is 45.0. The Morgan fingerprint density at radius 1 is 0.343 bits per heavy atom. The summed E-state index contributed by atoms with van der Waals surface area (Å²) in [5.41, 5.74) is 1.31. The van der Waals surface area contributed by atoms with Crippen molar-refractivity contribution in [3.05, 3.63) is 0 Å². The first-order valence-electron chi connectivity index (χ1n) is 44.1. The minimum Gasteiger partial charge on any atom is -0.381 e. The Labute approximate surface area is 611 Å². The molecule has 0 N–H and O–H groups in total. The topological polar surface area (TPSA) is 73.8 Å². The maximum absolute atomic E-state index is 6.39. The number of hydrogen-bond donors (Lipinski definition) is 0. The van der Waals surface area contributed by atoms with E-state index in [0.717, 1.165) is 182 Å². The maximum Gasteiger partial charge on any atom is 0.0635 e. The van der Waals surface area contributed by atoms with Gasteiger partial charge in [0.25, 0.3) is 0 Å². The molecule has 8 heteroatoms. The van der Waals surface area contributed by atoms with E-state index in [0.29, 0.717) is 53.4 Å². The first-order valence-corrected chi connectivity index (χ1v) is 44.1. The van der Waals surface area contributed by atoms with Crippen molar-refractivity contribution >= 4 is 0 Å². The molecule has 24 aliphatic rings. The fourth-order valence-corrected chi connectivity index (χ4v) is 28.1. The van der Waals surface area contributed by atoms with E-state index in [4.69, 9.17) is 37.9 Å². The van der Waals surface area contributed by atoms with E-state index in [1.165, 1.54) is 161 Å². The molecule has 8 nitrogen and oxygen atoms in total. The van der Waals surface area contributed by atoms with Crippen molar-refractivity contribution in [3.8, 4) is 0 Å². The lowest BCUT2D eigenvalue weighted by Gasteiger charge is -2.58. The minimum absolute atomic E-state index is 0.0417. The van der Waals surface area contributed by atoms with Crippen LogP contribution in [0.1, 0.15) is 323 Å². The number of hydrogen-bond acceptors (Lipinski definition) is 8. The Morgan fingerprint density at radius 3 is 0.949 bits per heavy atom. The lowest BCUT2D eigenvalue weighted by atomic mass is 9.48. The summed E-state index contributed by atoms with van der Waals surface area (Å²) in [5, 5.41) is 0. The molecule has 24 aliphatic carbocycles. The first kappa shape index (κ1) is 79.7. The molecule has 1 unspecified atom stereocenters. The molecule has 99 heavy (non-hydrogen) atoms. The molecule has 0 amide bonds. The molecule has 0 aromatic rings. The van der Waals surface area contributed by atoms with Crippen molar-refractivity contribution in [2.24, 2.45) is 153 Å². The van der Waals surface area contributed by atoms with E-state index in [9.17, 15) is 0 Å². The Bertz CT molecular complexity index is 2180. The van der Waals surface area contributed by atoms with Crippen molar-refractivity contribution in [3.63, 3.8) is 0 Å². The number of rotatable bonds is 17. The monoisotopic (exact) mass is 1380 g/mol. The van der Waals surface area contributed by atoms with Gasteiger partial charge in [-0.2, -0.15) is 0 Å². The van der Waals surface area contributed by atoms with Gasteiger partial charge in [0.1, 0.15) is 0 Å². The molecule has 0 aromatic carbocycles. The van der Waals surface area contributed by atoms with Crippen molar-refractivity contribution in [1.82, 2.24) is 0 Å². The van der Waals surface area contributed by atoms with Crippen LogP contribution < -0.4 is 0 Å². The third-order valence-electron chi connectivity index (χ3n) is 30.8. The Hall–Kier alpha value is -0.320. The van der Waals surface area contributed by atoms with Gasteiger partial charge in [0, 0.05) is 46.8 Å². The minimum atomic E-state index is 0.0417. The van der Waals surface area contributed by atoms with Crippen molar-refractivity contribution < 1.29 is 37.9 Å². The molecule has 0 radical (unpaired) electrons. The van der Waals surface area contributed by atoms with Gasteiger partial charge in [0.05, 0.1) is 54.4 Å². The van der Waals surface area contributed by atoms with Gasteiger partial charge in [-0.1, -0.05) is 13.8 Å². The van der Waals surface area contributed by atoms with Crippen LogP contribution in [0.3, 0.4) is 0 Å². The zero-order chi connectivity index (χ0) is 70.6. The van der Waals surface area contributed by atoms with E-state index < -0.39 is 0 Å². The van der Waals surface area contributed by atoms with Gasteiger partial charge < -0.3 is 37.9 Å².